The van der Waals surface area contributed by atoms with Crippen LogP contribution in [0.3, 0.4) is 0 Å². The Labute approximate surface area is 125 Å². The van der Waals surface area contributed by atoms with Crippen LogP contribution >= 0.6 is 15.9 Å². The van der Waals surface area contributed by atoms with Crippen LogP contribution in [0.2, 0.25) is 0 Å². The van der Waals surface area contributed by atoms with Gasteiger partial charge in [0.1, 0.15) is 17.7 Å². The lowest BCUT2D eigenvalue weighted by Crippen LogP contribution is -2.39. The molecular formula is C13H16BrN5O. The van der Waals surface area contributed by atoms with Crippen LogP contribution in [-0.2, 0) is 4.74 Å². The molecule has 7 heteroatoms. The van der Waals surface area contributed by atoms with E-state index in [2.05, 4.69) is 47.1 Å². The third kappa shape index (κ3) is 2.69. The number of aromatic amines is 1. The number of hydrogen-bond donors (Lipinski definition) is 1. The van der Waals surface area contributed by atoms with Gasteiger partial charge >= 0.3 is 0 Å². The molecule has 1 atom stereocenters. The van der Waals surface area contributed by atoms with Crippen molar-refractivity contribution in [3.05, 3.63) is 33.9 Å². The second-order valence-electron chi connectivity index (χ2n) is 4.90. The van der Waals surface area contributed by atoms with E-state index in [0.29, 0.717) is 19.0 Å². The van der Waals surface area contributed by atoms with E-state index < -0.39 is 0 Å². The molecular weight excluding hydrogens is 322 g/mol. The highest BCUT2D eigenvalue weighted by atomic mass is 79.9. The molecule has 1 aliphatic heterocycles. The van der Waals surface area contributed by atoms with E-state index in [9.17, 15) is 0 Å². The standard InChI is InChI=1S/C13H16BrN5O/c1-8-5-10(14)13(15-6-8)19-3-4-20-11(7-19)12-16-9(2)17-18-12/h5-6,11H,3-4,7H2,1-2H3,(H,16,17,18)/t11-/m0/s1. The molecule has 2 aromatic rings. The molecule has 0 aliphatic carbocycles. The van der Waals surface area contributed by atoms with E-state index in [-0.39, 0.29) is 6.10 Å². The molecule has 20 heavy (non-hydrogen) atoms. The van der Waals surface area contributed by atoms with Gasteiger partial charge in [0.25, 0.3) is 0 Å². The Hall–Kier alpha value is -1.47. The number of rotatable bonds is 2. The Morgan fingerprint density at radius 1 is 1.45 bits per heavy atom. The highest BCUT2D eigenvalue weighted by Gasteiger charge is 2.26. The van der Waals surface area contributed by atoms with Crippen LogP contribution in [0.25, 0.3) is 0 Å². The van der Waals surface area contributed by atoms with Gasteiger partial charge in [-0.3, -0.25) is 5.10 Å². The van der Waals surface area contributed by atoms with Gasteiger partial charge in [-0.1, -0.05) is 0 Å². The van der Waals surface area contributed by atoms with Crippen molar-refractivity contribution in [3.63, 3.8) is 0 Å². The average molecular weight is 338 g/mol. The molecule has 3 rings (SSSR count). The molecule has 0 aromatic carbocycles. The number of nitrogens with one attached hydrogen (secondary N) is 1. The summed E-state index contributed by atoms with van der Waals surface area (Å²) in [7, 11) is 0. The number of ether oxygens (including phenoxy) is 1. The van der Waals surface area contributed by atoms with Gasteiger partial charge in [-0.2, -0.15) is 5.10 Å². The first-order valence-corrected chi connectivity index (χ1v) is 7.30. The van der Waals surface area contributed by atoms with Crippen LogP contribution in [0.15, 0.2) is 16.7 Å². The van der Waals surface area contributed by atoms with Gasteiger partial charge < -0.3 is 9.64 Å². The first kappa shape index (κ1) is 13.5. The Morgan fingerprint density at radius 2 is 2.30 bits per heavy atom. The lowest BCUT2D eigenvalue weighted by Gasteiger charge is -2.33. The molecule has 1 aliphatic rings. The van der Waals surface area contributed by atoms with E-state index in [1.165, 1.54) is 0 Å². The van der Waals surface area contributed by atoms with Crippen molar-refractivity contribution < 1.29 is 4.74 Å². The van der Waals surface area contributed by atoms with Gasteiger partial charge in [-0.25, -0.2) is 9.97 Å². The second kappa shape index (κ2) is 5.49. The summed E-state index contributed by atoms with van der Waals surface area (Å²) < 4.78 is 6.77. The monoisotopic (exact) mass is 337 g/mol. The number of anilines is 1. The third-order valence-corrected chi connectivity index (χ3v) is 3.81. The maximum Gasteiger partial charge on any atom is 0.181 e. The van der Waals surface area contributed by atoms with Crippen molar-refractivity contribution in [2.75, 3.05) is 24.6 Å². The fraction of sp³-hybridized carbons (Fsp3) is 0.462. The predicted molar refractivity (Wildman–Crippen MR) is 78.7 cm³/mol. The van der Waals surface area contributed by atoms with Gasteiger partial charge in [0.15, 0.2) is 5.82 Å². The number of aromatic nitrogens is 4. The van der Waals surface area contributed by atoms with E-state index >= 15 is 0 Å². The molecule has 3 heterocycles. The summed E-state index contributed by atoms with van der Waals surface area (Å²) in [5.41, 5.74) is 1.13. The zero-order valence-corrected chi connectivity index (χ0v) is 13.0. The fourth-order valence-electron chi connectivity index (χ4n) is 2.26. The minimum atomic E-state index is -0.122. The van der Waals surface area contributed by atoms with Gasteiger partial charge in [0.2, 0.25) is 0 Å². The number of H-pyrrole nitrogens is 1. The molecule has 6 nitrogen and oxygen atoms in total. The number of halogens is 1. The Balaban J connectivity index is 1.81. The zero-order valence-electron chi connectivity index (χ0n) is 11.4. The molecule has 1 fully saturated rings. The number of pyridine rings is 1. The van der Waals surface area contributed by atoms with Crippen LogP contribution in [-0.4, -0.2) is 39.9 Å². The number of aryl methyl sites for hydroxylation is 2. The van der Waals surface area contributed by atoms with Crippen molar-refractivity contribution in [2.24, 2.45) is 0 Å². The lowest BCUT2D eigenvalue weighted by molar-refractivity contribution is 0.0339. The minimum Gasteiger partial charge on any atom is -0.366 e. The lowest BCUT2D eigenvalue weighted by atomic mass is 10.2. The molecule has 0 amide bonds. The maximum atomic E-state index is 5.76. The van der Waals surface area contributed by atoms with Crippen LogP contribution in [0, 0.1) is 13.8 Å². The quantitative estimate of drug-likeness (QED) is 0.909. The van der Waals surface area contributed by atoms with Crippen LogP contribution in [0.5, 0.6) is 0 Å². The molecule has 0 spiro atoms. The fourth-order valence-corrected chi connectivity index (χ4v) is 2.98. The highest BCUT2D eigenvalue weighted by molar-refractivity contribution is 9.10. The summed E-state index contributed by atoms with van der Waals surface area (Å²) in [5.74, 6) is 2.45. The summed E-state index contributed by atoms with van der Waals surface area (Å²) in [6.07, 6.45) is 1.75. The summed E-state index contributed by atoms with van der Waals surface area (Å²) in [6.45, 7) is 6.07. The Bertz CT molecular complexity index is 615. The van der Waals surface area contributed by atoms with Gasteiger partial charge in [-0.15, -0.1) is 0 Å². The van der Waals surface area contributed by atoms with Crippen molar-refractivity contribution in [2.45, 2.75) is 20.0 Å². The minimum absolute atomic E-state index is 0.122. The third-order valence-electron chi connectivity index (χ3n) is 3.23. The zero-order chi connectivity index (χ0) is 14.1. The molecule has 1 saturated heterocycles. The molecule has 0 radical (unpaired) electrons. The second-order valence-corrected chi connectivity index (χ2v) is 5.76. The van der Waals surface area contributed by atoms with E-state index in [0.717, 1.165) is 28.2 Å². The molecule has 106 valence electrons. The number of hydrogen-bond acceptors (Lipinski definition) is 5. The van der Waals surface area contributed by atoms with Crippen molar-refractivity contribution in [1.82, 2.24) is 20.2 Å². The summed E-state index contributed by atoms with van der Waals surface area (Å²) in [5, 5.41) is 7.04. The first-order valence-electron chi connectivity index (χ1n) is 6.51. The SMILES string of the molecule is Cc1cnc(N2CCO[C@H](c3n[nH]c(C)n3)C2)c(Br)c1. The summed E-state index contributed by atoms with van der Waals surface area (Å²) in [6, 6.07) is 2.07. The van der Waals surface area contributed by atoms with E-state index in [1.807, 2.05) is 20.0 Å². The van der Waals surface area contributed by atoms with Crippen LogP contribution < -0.4 is 4.90 Å². The van der Waals surface area contributed by atoms with E-state index in [1.54, 1.807) is 0 Å². The molecule has 0 bridgehead atoms. The van der Waals surface area contributed by atoms with Crippen LogP contribution in [0.4, 0.5) is 5.82 Å². The summed E-state index contributed by atoms with van der Waals surface area (Å²) >= 11 is 3.58. The largest absolute Gasteiger partial charge is 0.366 e. The normalized spacial score (nSPS) is 19.4. The number of morpholine rings is 1. The molecule has 1 N–H and O–H groups in total. The van der Waals surface area contributed by atoms with E-state index in [4.69, 9.17) is 4.74 Å². The Morgan fingerprint density at radius 3 is 3.00 bits per heavy atom. The Kier molecular flexibility index (Phi) is 3.71. The van der Waals surface area contributed by atoms with Gasteiger partial charge in [-0.05, 0) is 41.4 Å². The van der Waals surface area contributed by atoms with Crippen LogP contribution in [0.1, 0.15) is 23.3 Å². The molecule has 2 aromatic heterocycles. The smallest absolute Gasteiger partial charge is 0.181 e. The van der Waals surface area contributed by atoms with Crippen molar-refractivity contribution >= 4 is 21.7 Å². The number of nitrogens with zero attached hydrogens (tertiary/aromatic N) is 4. The van der Waals surface area contributed by atoms with Gasteiger partial charge in [0.05, 0.1) is 17.6 Å². The summed E-state index contributed by atoms with van der Waals surface area (Å²) in [4.78, 5) is 11.1. The molecule has 0 saturated carbocycles. The highest BCUT2D eigenvalue weighted by Crippen LogP contribution is 2.28. The molecule has 0 unspecified atom stereocenters. The van der Waals surface area contributed by atoms with Gasteiger partial charge in [0, 0.05) is 12.7 Å². The first-order chi connectivity index (χ1) is 9.63. The van der Waals surface area contributed by atoms with Crippen molar-refractivity contribution in [1.29, 1.82) is 0 Å². The van der Waals surface area contributed by atoms with Crippen molar-refractivity contribution in [3.8, 4) is 0 Å². The predicted octanol–water partition coefficient (Wildman–Crippen LogP) is 2.16. The average Bonchev–Trinajstić information content (AvgIpc) is 2.86. The topological polar surface area (TPSA) is 66.9 Å². The maximum absolute atomic E-state index is 5.76.